The molecule has 164 valence electrons. The Kier molecular flexibility index (Phi) is 6.25. The van der Waals surface area contributed by atoms with E-state index < -0.39 is 21.7 Å². The zero-order valence-corrected chi connectivity index (χ0v) is 18.7. The summed E-state index contributed by atoms with van der Waals surface area (Å²) in [6.07, 6.45) is 1.63. The highest BCUT2D eigenvalue weighted by atomic mass is 35.5. The van der Waals surface area contributed by atoms with Crippen molar-refractivity contribution < 1.29 is 22.4 Å². The molecule has 2 aliphatic rings. The third kappa shape index (κ3) is 4.57. The third-order valence-electron chi connectivity index (χ3n) is 5.08. The fraction of sp³-hybridized carbons (Fsp3) is 0.300. The molecule has 31 heavy (non-hydrogen) atoms. The number of benzene rings is 2. The van der Waals surface area contributed by atoms with Crippen LogP contribution in [0.1, 0.15) is 12.8 Å². The van der Waals surface area contributed by atoms with Gasteiger partial charge < -0.3 is 10.2 Å². The first-order valence-corrected chi connectivity index (χ1v) is 12.4. The number of nitrogens with one attached hydrogen (secondary N) is 1. The molecule has 1 fully saturated rings. The van der Waals surface area contributed by atoms with E-state index in [1.165, 1.54) is 39.2 Å². The van der Waals surface area contributed by atoms with E-state index in [0.717, 1.165) is 25.0 Å². The Morgan fingerprint density at radius 3 is 2.61 bits per heavy atom. The minimum absolute atomic E-state index is 0.0354. The van der Waals surface area contributed by atoms with Crippen molar-refractivity contribution in [3.05, 3.63) is 47.2 Å². The fourth-order valence-electron chi connectivity index (χ4n) is 3.52. The van der Waals surface area contributed by atoms with Gasteiger partial charge in [0.15, 0.2) is 0 Å². The SMILES string of the molecule is O=C(CN1C(=O)CSc2ccc(S(=O)(=O)N3CCCC3)cc21)Nc1ccc(F)cc1Cl. The number of fused-ring (bicyclic) bond motifs is 1. The molecule has 0 bridgehead atoms. The lowest BCUT2D eigenvalue weighted by Crippen LogP contribution is -2.41. The highest BCUT2D eigenvalue weighted by Gasteiger charge is 2.31. The summed E-state index contributed by atoms with van der Waals surface area (Å²) in [5.74, 6) is -1.25. The first-order valence-electron chi connectivity index (χ1n) is 9.58. The number of hydrogen-bond donors (Lipinski definition) is 1. The molecule has 2 aromatic rings. The lowest BCUT2D eigenvalue weighted by atomic mass is 10.2. The molecule has 2 heterocycles. The van der Waals surface area contributed by atoms with Gasteiger partial charge in [-0.25, -0.2) is 12.8 Å². The van der Waals surface area contributed by atoms with E-state index in [2.05, 4.69) is 5.32 Å². The van der Waals surface area contributed by atoms with Gasteiger partial charge in [0.25, 0.3) is 0 Å². The number of halogens is 2. The summed E-state index contributed by atoms with van der Waals surface area (Å²) >= 11 is 7.24. The summed E-state index contributed by atoms with van der Waals surface area (Å²) in [5.41, 5.74) is 0.597. The summed E-state index contributed by atoms with van der Waals surface area (Å²) in [6.45, 7) is 0.614. The number of thioether (sulfide) groups is 1. The van der Waals surface area contributed by atoms with Crippen LogP contribution in [0.4, 0.5) is 15.8 Å². The monoisotopic (exact) mass is 483 g/mol. The number of nitrogens with zero attached hydrogens (tertiary/aromatic N) is 2. The third-order valence-corrected chi connectivity index (χ3v) is 8.34. The molecule has 0 atom stereocenters. The molecular weight excluding hydrogens is 465 g/mol. The summed E-state index contributed by atoms with van der Waals surface area (Å²) in [4.78, 5) is 27.2. The number of sulfonamides is 1. The molecule has 0 spiro atoms. The van der Waals surface area contributed by atoms with Crippen LogP contribution in [-0.4, -0.2) is 49.9 Å². The van der Waals surface area contributed by atoms with Crippen LogP contribution >= 0.6 is 23.4 Å². The number of anilines is 2. The number of carbonyl (C=O) groups is 2. The van der Waals surface area contributed by atoms with Crippen molar-refractivity contribution in [2.45, 2.75) is 22.6 Å². The number of carbonyl (C=O) groups excluding carboxylic acids is 2. The maximum atomic E-state index is 13.2. The first kappa shape index (κ1) is 22.1. The quantitative estimate of drug-likeness (QED) is 0.704. The summed E-state index contributed by atoms with van der Waals surface area (Å²) < 4.78 is 40.5. The van der Waals surface area contributed by atoms with Gasteiger partial charge in [0.05, 0.1) is 27.0 Å². The van der Waals surface area contributed by atoms with Crippen LogP contribution in [0.25, 0.3) is 0 Å². The molecule has 2 aliphatic heterocycles. The average Bonchev–Trinajstić information content (AvgIpc) is 3.28. The van der Waals surface area contributed by atoms with Gasteiger partial charge in [0.1, 0.15) is 12.4 Å². The molecule has 0 unspecified atom stereocenters. The van der Waals surface area contributed by atoms with E-state index in [1.807, 2.05) is 0 Å². The van der Waals surface area contributed by atoms with Crippen molar-refractivity contribution in [3.8, 4) is 0 Å². The Hall–Kier alpha value is -2.14. The van der Waals surface area contributed by atoms with E-state index in [0.29, 0.717) is 23.7 Å². The molecule has 0 aliphatic carbocycles. The Morgan fingerprint density at radius 1 is 1.16 bits per heavy atom. The predicted molar refractivity (Wildman–Crippen MR) is 118 cm³/mol. The van der Waals surface area contributed by atoms with Crippen molar-refractivity contribution in [1.82, 2.24) is 4.31 Å². The van der Waals surface area contributed by atoms with E-state index in [9.17, 15) is 22.4 Å². The summed E-state index contributed by atoms with van der Waals surface area (Å²) in [7, 11) is -3.67. The molecule has 2 aromatic carbocycles. The lowest BCUT2D eigenvalue weighted by molar-refractivity contribution is -0.120. The zero-order chi connectivity index (χ0) is 22.2. The van der Waals surface area contributed by atoms with Gasteiger partial charge in [-0.1, -0.05) is 11.6 Å². The predicted octanol–water partition coefficient (Wildman–Crippen LogP) is 3.34. The summed E-state index contributed by atoms with van der Waals surface area (Å²) in [5, 5.41) is 2.60. The van der Waals surface area contributed by atoms with E-state index in [1.54, 1.807) is 6.07 Å². The maximum Gasteiger partial charge on any atom is 0.244 e. The second kappa shape index (κ2) is 8.78. The van der Waals surface area contributed by atoms with Gasteiger partial charge in [-0.05, 0) is 49.2 Å². The Morgan fingerprint density at radius 2 is 1.90 bits per heavy atom. The van der Waals surface area contributed by atoms with E-state index >= 15 is 0 Å². The summed E-state index contributed by atoms with van der Waals surface area (Å²) in [6, 6.07) is 8.21. The Balaban J connectivity index is 1.59. The number of hydrogen-bond acceptors (Lipinski definition) is 5. The molecule has 1 saturated heterocycles. The van der Waals surface area contributed by atoms with Crippen LogP contribution in [0.2, 0.25) is 5.02 Å². The first-order chi connectivity index (χ1) is 14.8. The minimum atomic E-state index is -3.67. The van der Waals surface area contributed by atoms with Crippen molar-refractivity contribution in [1.29, 1.82) is 0 Å². The molecule has 0 aromatic heterocycles. The second-order valence-corrected chi connectivity index (χ2v) is 10.5. The van der Waals surface area contributed by atoms with Crippen LogP contribution in [-0.2, 0) is 19.6 Å². The van der Waals surface area contributed by atoms with Crippen LogP contribution in [0.15, 0.2) is 46.2 Å². The van der Waals surface area contributed by atoms with Crippen LogP contribution in [0.3, 0.4) is 0 Å². The largest absolute Gasteiger partial charge is 0.323 e. The number of rotatable bonds is 5. The van der Waals surface area contributed by atoms with Gasteiger partial charge in [-0.15, -0.1) is 11.8 Å². The molecular formula is C20H19ClFN3O4S2. The Labute approximate surface area is 188 Å². The molecule has 7 nitrogen and oxygen atoms in total. The second-order valence-electron chi connectivity index (χ2n) is 7.18. The highest BCUT2D eigenvalue weighted by Crippen LogP contribution is 2.37. The maximum absolute atomic E-state index is 13.2. The Bertz CT molecular complexity index is 1150. The fourth-order valence-corrected chi connectivity index (χ4v) is 6.19. The van der Waals surface area contributed by atoms with Gasteiger partial charge in [-0.3, -0.25) is 9.59 Å². The topological polar surface area (TPSA) is 86.8 Å². The normalized spacial score (nSPS) is 17.0. The van der Waals surface area contributed by atoms with Crippen LogP contribution in [0, 0.1) is 5.82 Å². The van der Waals surface area contributed by atoms with Crippen LogP contribution in [0.5, 0.6) is 0 Å². The van der Waals surface area contributed by atoms with E-state index in [4.69, 9.17) is 11.6 Å². The smallest absolute Gasteiger partial charge is 0.244 e. The molecule has 1 N–H and O–H groups in total. The van der Waals surface area contributed by atoms with Crippen molar-refractivity contribution in [3.63, 3.8) is 0 Å². The van der Waals surface area contributed by atoms with Crippen molar-refractivity contribution in [2.24, 2.45) is 0 Å². The number of amides is 2. The molecule has 0 radical (unpaired) electrons. The highest BCUT2D eigenvalue weighted by molar-refractivity contribution is 8.00. The standard InChI is InChI=1S/C20H19ClFN3O4S2/c21-15-9-13(22)3-5-16(15)23-19(26)11-25-17-10-14(4-6-18(17)30-12-20(25)27)31(28,29)24-7-1-2-8-24/h3-6,9-10H,1-2,7-8,11-12H2,(H,23,26). The van der Waals surface area contributed by atoms with Gasteiger partial charge >= 0.3 is 0 Å². The molecule has 11 heteroatoms. The molecule has 0 saturated carbocycles. The minimum Gasteiger partial charge on any atom is -0.323 e. The lowest BCUT2D eigenvalue weighted by Gasteiger charge is -2.29. The average molecular weight is 484 g/mol. The van der Waals surface area contributed by atoms with E-state index in [-0.39, 0.29) is 33.8 Å². The molecule has 2 amide bonds. The zero-order valence-electron chi connectivity index (χ0n) is 16.3. The molecule has 4 rings (SSSR count). The van der Waals surface area contributed by atoms with Crippen molar-refractivity contribution >= 4 is 56.6 Å². The van der Waals surface area contributed by atoms with Gasteiger partial charge in [0.2, 0.25) is 21.8 Å². The van der Waals surface area contributed by atoms with Crippen LogP contribution < -0.4 is 10.2 Å². The van der Waals surface area contributed by atoms with Gasteiger partial charge in [0, 0.05) is 18.0 Å². The van der Waals surface area contributed by atoms with Crippen molar-refractivity contribution in [2.75, 3.05) is 35.6 Å². The van der Waals surface area contributed by atoms with Gasteiger partial charge in [-0.2, -0.15) is 4.31 Å².